The van der Waals surface area contributed by atoms with Gasteiger partial charge >= 0.3 is 0 Å². The van der Waals surface area contributed by atoms with E-state index in [-0.39, 0.29) is 0 Å². The lowest BCUT2D eigenvalue weighted by Gasteiger charge is -2.13. The number of carbonyl (C=O) groups excluding carboxylic acids is 1. The van der Waals surface area contributed by atoms with Crippen molar-refractivity contribution in [2.45, 2.75) is 6.92 Å². The van der Waals surface area contributed by atoms with Gasteiger partial charge in [0.1, 0.15) is 6.29 Å². The number of aldehydes is 1. The van der Waals surface area contributed by atoms with Gasteiger partial charge in [0.2, 0.25) is 0 Å². The highest BCUT2D eigenvalue weighted by Crippen LogP contribution is 1.76. The van der Waals surface area contributed by atoms with E-state index in [0.717, 1.165) is 19.4 Å². The molecule has 0 amide bonds. The molecule has 0 aliphatic heterocycles. The Hall–Kier alpha value is -0.410. The fraction of sp³-hybridized carbons (Fsp3) is 0.875. The Kier molecular flexibility index (Phi) is 11.5. The highest BCUT2D eigenvalue weighted by Gasteiger charge is 1.89. The third-order valence-corrected chi connectivity index (χ3v) is 0.994. The van der Waals surface area contributed by atoms with Gasteiger partial charge in [-0.25, -0.2) is 0 Å². The van der Waals surface area contributed by atoms with Crippen molar-refractivity contribution >= 4 is 6.29 Å². The summed E-state index contributed by atoms with van der Waals surface area (Å²) in [5.74, 6) is 0. The zero-order valence-electron chi connectivity index (χ0n) is 8.29. The smallest absolute Gasteiger partial charge is 0.116 e. The second kappa shape index (κ2) is 9.59. The molecular formula is C8H20N2O. The first-order valence-corrected chi connectivity index (χ1v) is 3.73. The summed E-state index contributed by atoms with van der Waals surface area (Å²) in [7, 11) is 8.35. The van der Waals surface area contributed by atoms with Gasteiger partial charge in [0.25, 0.3) is 0 Å². The summed E-state index contributed by atoms with van der Waals surface area (Å²) in [6.45, 7) is 3.74. The van der Waals surface area contributed by atoms with Gasteiger partial charge < -0.3 is 14.6 Å². The van der Waals surface area contributed by atoms with Gasteiger partial charge in [0, 0.05) is 13.1 Å². The van der Waals surface area contributed by atoms with Gasteiger partial charge in [0.15, 0.2) is 0 Å². The first-order chi connectivity index (χ1) is 5.04. The summed E-state index contributed by atoms with van der Waals surface area (Å²) in [6, 6.07) is 0. The number of hydrogen-bond donors (Lipinski definition) is 0. The van der Waals surface area contributed by atoms with E-state index in [1.165, 1.54) is 6.92 Å². The van der Waals surface area contributed by atoms with Gasteiger partial charge in [0.05, 0.1) is 0 Å². The van der Waals surface area contributed by atoms with E-state index in [4.69, 9.17) is 4.79 Å². The van der Waals surface area contributed by atoms with Crippen molar-refractivity contribution in [2.24, 2.45) is 0 Å². The Morgan fingerprint density at radius 1 is 1.00 bits per heavy atom. The zero-order chi connectivity index (χ0) is 9.28. The predicted molar refractivity (Wildman–Crippen MR) is 48.8 cm³/mol. The van der Waals surface area contributed by atoms with Gasteiger partial charge in [-0.15, -0.1) is 0 Å². The summed E-state index contributed by atoms with van der Waals surface area (Å²) in [5.41, 5.74) is 0. The molecule has 0 heterocycles. The van der Waals surface area contributed by atoms with Crippen LogP contribution in [0, 0.1) is 0 Å². The highest BCUT2D eigenvalue weighted by atomic mass is 16.1. The van der Waals surface area contributed by atoms with E-state index in [0.29, 0.717) is 0 Å². The molecule has 0 saturated carbocycles. The molecule has 3 nitrogen and oxygen atoms in total. The molecule has 0 radical (unpaired) electrons. The lowest BCUT2D eigenvalue weighted by atomic mass is 10.5. The lowest BCUT2D eigenvalue weighted by molar-refractivity contribution is -0.106. The minimum absolute atomic E-state index is 0.750. The summed E-state index contributed by atoms with van der Waals surface area (Å²) in [6.07, 6.45) is 0.750. The zero-order valence-corrected chi connectivity index (χ0v) is 8.29. The molecule has 0 aliphatic rings. The third kappa shape index (κ3) is 26.2. The van der Waals surface area contributed by atoms with Crippen LogP contribution in [0.25, 0.3) is 0 Å². The van der Waals surface area contributed by atoms with Crippen molar-refractivity contribution in [1.82, 2.24) is 9.80 Å². The molecule has 0 aromatic carbocycles. The maximum atomic E-state index is 8.81. The van der Waals surface area contributed by atoms with Crippen molar-refractivity contribution in [2.75, 3.05) is 41.3 Å². The van der Waals surface area contributed by atoms with Crippen LogP contribution < -0.4 is 0 Å². The second-order valence-electron chi connectivity index (χ2n) is 2.84. The van der Waals surface area contributed by atoms with Crippen molar-refractivity contribution in [3.05, 3.63) is 0 Å². The molecule has 0 spiro atoms. The normalized spacial score (nSPS) is 9.36. The predicted octanol–water partition coefficient (Wildman–Crippen LogP) is 0.315. The summed E-state index contributed by atoms with van der Waals surface area (Å²) in [5, 5.41) is 0. The molecular weight excluding hydrogens is 140 g/mol. The first-order valence-electron chi connectivity index (χ1n) is 3.73. The Morgan fingerprint density at radius 3 is 1.27 bits per heavy atom. The molecule has 0 aliphatic carbocycles. The molecule has 68 valence electrons. The van der Waals surface area contributed by atoms with E-state index >= 15 is 0 Å². The van der Waals surface area contributed by atoms with Crippen LogP contribution in [-0.2, 0) is 4.79 Å². The molecule has 0 aromatic rings. The maximum absolute atomic E-state index is 8.81. The Labute approximate surface area is 70.0 Å². The summed E-state index contributed by atoms with van der Waals surface area (Å²) < 4.78 is 0. The van der Waals surface area contributed by atoms with Gasteiger partial charge in [-0.05, 0) is 35.1 Å². The molecule has 3 heteroatoms. The van der Waals surface area contributed by atoms with E-state index in [9.17, 15) is 0 Å². The Morgan fingerprint density at radius 2 is 1.18 bits per heavy atom. The minimum atomic E-state index is 0.750. The van der Waals surface area contributed by atoms with Crippen LogP contribution >= 0.6 is 0 Å². The summed E-state index contributed by atoms with van der Waals surface area (Å²) in [4.78, 5) is 13.2. The lowest BCUT2D eigenvalue weighted by Crippen LogP contribution is -2.25. The van der Waals surface area contributed by atoms with Crippen molar-refractivity contribution < 1.29 is 4.79 Å². The Bertz CT molecular complexity index is 74.2. The van der Waals surface area contributed by atoms with Crippen molar-refractivity contribution in [3.63, 3.8) is 0 Å². The molecule has 0 atom stereocenters. The Balaban J connectivity index is 0. The number of hydrogen-bond acceptors (Lipinski definition) is 3. The third-order valence-electron chi connectivity index (χ3n) is 0.994. The molecule has 0 bridgehead atoms. The quantitative estimate of drug-likeness (QED) is 0.555. The van der Waals surface area contributed by atoms with E-state index in [1.54, 1.807) is 0 Å². The fourth-order valence-electron chi connectivity index (χ4n) is 0.400. The average molecular weight is 160 g/mol. The van der Waals surface area contributed by atoms with Crippen LogP contribution in [0.1, 0.15) is 6.92 Å². The molecule has 11 heavy (non-hydrogen) atoms. The highest BCUT2D eigenvalue weighted by molar-refractivity contribution is 5.44. The number of rotatable bonds is 3. The minimum Gasteiger partial charge on any atom is -0.308 e. The van der Waals surface area contributed by atoms with Crippen LogP contribution in [0.15, 0.2) is 0 Å². The van der Waals surface area contributed by atoms with E-state index < -0.39 is 0 Å². The summed E-state index contributed by atoms with van der Waals surface area (Å²) >= 11 is 0. The number of carbonyl (C=O) groups is 1. The molecule has 0 aromatic heterocycles. The van der Waals surface area contributed by atoms with Crippen LogP contribution in [0.4, 0.5) is 0 Å². The number of nitrogens with zero attached hydrogens (tertiary/aromatic N) is 2. The van der Waals surface area contributed by atoms with Crippen LogP contribution in [0.5, 0.6) is 0 Å². The standard InChI is InChI=1S/C6H16N2.C2H4O/c1-7(2)5-6-8(3)4;1-2-3/h5-6H2,1-4H3;2H,1H3. The van der Waals surface area contributed by atoms with Crippen LogP contribution in [0.3, 0.4) is 0 Å². The molecule has 0 unspecified atom stereocenters. The molecule has 0 saturated heterocycles. The molecule has 0 rings (SSSR count). The van der Waals surface area contributed by atoms with Crippen LogP contribution in [0.2, 0.25) is 0 Å². The maximum Gasteiger partial charge on any atom is 0.116 e. The average Bonchev–Trinajstić information content (AvgIpc) is 1.85. The SMILES string of the molecule is CC=O.CN(C)CCN(C)C. The van der Waals surface area contributed by atoms with Crippen molar-refractivity contribution in [1.29, 1.82) is 0 Å². The second-order valence-corrected chi connectivity index (χ2v) is 2.84. The number of likely N-dealkylation sites (N-methyl/N-ethyl adjacent to an activating group) is 2. The topological polar surface area (TPSA) is 23.6 Å². The van der Waals surface area contributed by atoms with Gasteiger partial charge in [-0.2, -0.15) is 0 Å². The monoisotopic (exact) mass is 160 g/mol. The first kappa shape index (κ1) is 13.2. The van der Waals surface area contributed by atoms with E-state index in [1.807, 2.05) is 0 Å². The van der Waals surface area contributed by atoms with Crippen LogP contribution in [-0.4, -0.2) is 57.4 Å². The molecule has 0 N–H and O–H groups in total. The van der Waals surface area contributed by atoms with Gasteiger partial charge in [-0.1, -0.05) is 0 Å². The fourth-order valence-corrected chi connectivity index (χ4v) is 0.400. The van der Waals surface area contributed by atoms with Crippen molar-refractivity contribution in [3.8, 4) is 0 Å². The van der Waals surface area contributed by atoms with E-state index in [2.05, 4.69) is 38.0 Å². The largest absolute Gasteiger partial charge is 0.308 e. The van der Waals surface area contributed by atoms with Gasteiger partial charge in [-0.3, -0.25) is 0 Å². The molecule has 0 fully saturated rings.